The first-order chi connectivity index (χ1) is 4.83. The van der Waals surface area contributed by atoms with Gasteiger partial charge in [-0.1, -0.05) is 0 Å². The van der Waals surface area contributed by atoms with Gasteiger partial charge in [-0.05, 0) is 25.7 Å². The Morgan fingerprint density at radius 1 is 1.70 bits per heavy atom. The van der Waals surface area contributed by atoms with E-state index in [4.69, 9.17) is 4.74 Å². The Labute approximate surface area is 60.7 Å². The van der Waals surface area contributed by atoms with Crippen molar-refractivity contribution in [2.24, 2.45) is 5.92 Å². The molecule has 58 valence electrons. The minimum Gasteiger partial charge on any atom is -0.449 e. The number of hydrogen-bond acceptors (Lipinski definition) is 2. The molecule has 1 aliphatic carbocycles. The zero-order valence-electron chi connectivity index (χ0n) is 6.22. The number of rotatable bonds is 3. The molecule has 1 aliphatic rings. The Kier molecular flexibility index (Phi) is 2.54. The molecule has 1 saturated carbocycles. The highest BCUT2D eigenvalue weighted by molar-refractivity contribution is 5.66. The minimum atomic E-state index is -0.283. The van der Waals surface area contributed by atoms with E-state index in [2.05, 4.69) is 5.32 Å². The third-order valence-electron chi connectivity index (χ3n) is 1.47. The van der Waals surface area contributed by atoms with Crippen LogP contribution in [0.3, 0.4) is 0 Å². The van der Waals surface area contributed by atoms with Crippen molar-refractivity contribution in [2.75, 3.05) is 13.2 Å². The fraction of sp³-hybridized carbons (Fsp3) is 0.857. The Bertz CT molecular complexity index is 121. The zero-order valence-corrected chi connectivity index (χ0v) is 6.22. The summed E-state index contributed by atoms with van der Waals surface area (Å²) in [6, 6.07) is 0. The van der Waals surface area contributed by atoms with E-state index in [0.29, 0.717) is 19.1 Å². The van der Waals surface area contributed by atoms with Crippen molar-refractivity contribution >= 4 is 6.09 Å². The smallest absolute Gasteiger partial charge is 0.407 e. The van der Waals surface area contributed by atoms with E-state index < -0.39 is 0 Å². The van der Waals surface area contributed by atoms with E-state index in [0.717, 1.165) is 0 Å². The van der Waals surface area contributed by atoms with Crippen molar-refractivity contribution in [3.63, 3.8) is 0 Å². The average molecular weight is 143 g/mol. The van der Waals surface area contributed by atoms with Crippen LogP contribution in [0, 0.1) is 5.92 Å². The topological polar surface area (TPSA) is 38.3 Å². The summed E-state index contributed by atoms with van der Waals surface area (Å²) >= 11 is 0. The Balaban J connectivity index is 1.94. The first-order valence-corrected chi connectivity index (χ1v) is 3.73. The highest BCUT2D eigenvalue weighted by Crippen LogP contribution is 2.28. The Morgan fingerprint density at radius 2 is 2.40 bits per heavy atom. The third-order valence-corrected chi connectivity index (χ3v) is 1.47. The van der Waals surface area contributed by atoms with Crippen LogP contribution >= 0.6 is 0 Å². The number of alkyl carbamates (subject to hydrolysis) is 1. The maximum atomic E-state index is 10.6. The number of carbonyl (C=O) groups is 1. The van der Waals surface area contributed by atoms with Crippen LogP contribution in [0.4, 0.5) is 4.79 Å². The fourth-order valence-corrected chi connectivity index (χ4v) is 0.673. The first-order valence-electron chi connectivity index (χ1n) is 3.73. The van der Waals surface area contributed by atoms with Crippen molar-refractivity contribution in [3.05, 3.63) is 0 Å². The lowest BCUT2D eigenvalue weighted by Gasteiger charge is -2.02. The van der Waals surface area contributed by atoms with Crippen LogP contribution in [0.2, 0.25) is 0 Å². The van der Waals surface area contributed by atoms with Gasteiger partial charge < -0.3 is 10.1 Å². The molecule has 0 aliphatic heterocycles. The van der Waals surface area contributed by atoms with Crippen molar-refractivity contribution in [1.82, 2.24) is 5.32 Å². The molecule has 3 heteroatoms. The lowest BCUT2D eigenvalue weighted by Crippen LogP contribution is -2.24. The van der Waals surface area contributed by atoms with Gasteiger partial charge in [-0.25, -0.2) is 4.79 Å². The molecule has 1 amide bonds. The summed E-state index contributed by atoms with van der Waals surface area (Å²) in [4.78, 5) is 10.6. The van der Waals surface area contributed by atoms with Crippen LogP contribution < -0.4 is 5.32 Å². The van der Waals surface area contributed by atoms with Crippen LogP contribution in [0.15, 0.2) is 0 Å². The lowest BCUT2D eigenvalue weighted by molar-refractivity contribution is 0.141. The second-order valence-electron chi connectivity index (χ2n) is 2.57. The lowest BCUT2D eigenvalue weighted by atomic mass is 10.5. The first kappa shape index (κ1) is 7.38. The predicted molar refractivity (Wildman–Crippen MR) is 37.7 cm³/mol. The SMILES string of the molecule is CCNC(=O)OCC1CC1. The fourth-order valence-electron chi connectivity index (χ4n) is 0.673. The maximum Gasteiger partial charge on any atom is 0.407 e. The monoisotopic (exact) mass is 143 g/mol. The Hall–Kier alpha value is -0.730. The van der Waals surface area contributed by atoms with Crippen LogP contribution in [-0.2, 0) is 4.74 Å². The minimum absolute atomic E-state index is 0.283. The van der Waals surface area contributed by atoms with Gasteiger partial charge in [0.25, 0.3) is 0 Å². The van der Waals surface area contributed by atoms with E-state index in [1.54, 1.807) is 0 Å². The van der Waals surface area contributed by atoms with Crippen LogP contribution in [0.5, 0.6) is 0 Å². The van der Waals surface area contributed by atoms with E-state index in [1.165, 1.54) is 12.8 Å². The summed E-state index contributed by atoms with van der Waals surface area (Å²) in [6.45, 7) is 3.12. The van der Waals surface area contributed by atoms with Gasteiger partial charge in [0, 0.05) is 6.54 Å². The van der Waals surface area contributed by atoms with Gasteiger partial charge >= 0.3 is 6.09 Å². The summed E-state index contributed by atoms with van der Waals surface area (Å²) in [6.07, 6.45) is 2.16. The normalized spacial score (nSPS) is 16.5. The molecule has 1 rings (SSSR count). The van der Waals surface area contributed by atoms with Gasteiger partial charge in [-0.3, -0.25) is 0 Å². The molecule has 0 bridgehead atoms. The van der Waals surface area contributed by atoms with Crippen LogP contribution in [-0.4, -0.2) is 19.2 Å². The molecule has 10 heavy (non-hydrogen) atoms. The quantitative estimate of drug-likeness (QED) is 0.643. The molecule has 0 aromatic carbocycles. The molecule has 0 aromatic rings. The van der Waals surface area contributed by atoms with Gasteiger partial charge in [0.2, 0.25) is 0 Å². The summed E-state index contributed by atoms with van der Waals surface area (Å²) in [5.74, 6) is 0.655. The molecule has 0 spiro atoms. The molecule has 3 nitrogen and oxygen atoms in total. The maximum absolute atomic E-state index is 10.6. The van der Waals surface area contributed by atoms with Gasteiger partial charge in [0.1, 0.15) is 0 Å². The number of nitrogens with one attached hydrogen (secondary N) is 1. The average Bonchev–Trinajstić information content (AvgIpc) is 2.67. The summed E-state index contributed by atoms with van der Waals surface area (Å²) in [7, 11) is 0. The number of ether oxygens (including phenoxy) is 1. The van der Waals surface area contributed by atoms with E-state index in [1.807, 2.05) is 6.92 Å². The van der Waals surface area contributed by atoms with E-state index >= 15 is 0 Å². The van der Waals surface area contributed by atoms with Crippen molar-refractivity contribution in [3.8, 4) is 0 Å². The number of carbonyl (C=O) groups excluding carboxylic acids is 1. The van der Waals surface area contributed by atoms with Gasteiger partial charge in [-0.15, -0.1) is 0 Å². The number of amides is 1. The largest absolute Gasteiger partial charge is 0.449 e. The molecule has 1 N–H and O–H groups in total. The van der Waals surface area contributed by atoms with Crippen molar-refractivity contribution < 1.29 is 9.53 Å². The van der Waals surface area contributed by atoms with Crippen molar-refractivity contribution in [1.29, 1.82) is 0 Å². The van der Waals surface area contributed by atoms with E-state index in [9.17, 15) is 4.79 Å². The van der Waals surface area contributed by atoms with E-state index in [-0.39, 0.29) is 6.09 Å². The zero-order chi connectivity index (χ0) is 7.40. The molecule has 0 unspecified atom stereocenters. The molecular weight excluding hydrogens is 130 g/mol. The summed E-state index contributed by atoms with van der Waals surface area (Å²) < 4.78 is 4.86. The highest BCUT2D eigenvalue weighted by atomic mass is 16.5. The summed E-state index contributed by atoms with van der Waals surface area (Å²) in [5, 5.41) is 2.57. The molecule has 0 aromatic heterocycles. The molecule has 0 heterocycles. The molecule has 0 atom stereocenters. The Morgan fingerprint density at radius 3 is 2.90 bits per heavy atom. The molecule has 0 radical (unpaired) electrons. The van der Waals surface area contributed by atoms with Crippen molar-refractivity contribution in [2.45, 2.75) is 19.8 Å². The second-order valence-corrected chi connectivity index (χ2v) is 2.57. The third kappa shape index (κ3) is 2.71. The predicted octanol–water partition coefficient (Wildman–Crippen LogP) is 1.14. The van der Waals surface area contributed by atoms with Crippen LogP contribution in [0.1, 0.15) is 19.8 Å². The van der Waals surface area contributed by atoms with Gasteiger partial charge in [-0.2, -0.15) is 0 Å². The molecular formula is C7H13NO2. The molecule has 0 saturated heterocycles. The number of hydrogen-bond donors (Lipinski definition) is 1. The highest BCUT2D eigenvalue weighted by Gasteiger charge is 2.22. The standard InChI is InChI=1S/C7H13NO2/c1-2-8-7(9)10-5-6-3-4-6/h6H,2-5H2,1H3,(H,8,9). The summed E-state index contributed by atoms with van der Waals surface area (Å²) in [5.41, 5.74) is 0. The van der Waals surface area contributed by atoms with Gasteiger partial charge in [0.05, 0.1) is 6.61 Å². The molecule has 1 fully saturated rings. The van der Waals surface area contributed by atoms with Crippen LogP contribution in [0.25, 0.3) is 0 Å². The van der Waals surface area contributed by atoms with Gasteiger partial charge in [0.15, 0.2) is 0 Å². The second kappa shape index (κ2) is 3.44.